The number of alkyl halides is 2. The van der Waals surface area contributed by atoms with Crippen LogP contribution in [0.25, 0.3) is 0 Å². The molecule has 0 fully saturated rings. The van der Waals surface area contributed by atoms with Crippen LogP contribution < -0.4 is 0 Å². The van der Waals surface area contributed by atoms with Gasteiger partial charge in [-0.15, -0.1) is 6.42 Å². The first-order valence-corrected chi connectivity index (χ1v) is 3.52. The van der Waals surface area contributed by atoms with Crippen molar-refractivity contribution in [2.45, 2.75) is 6.61 Å². The van der Waals surface area contributed by atoms with Crippen LogP contribution in [0, 0.1) is 12.3 Å². The van der Waals surface area contributed by atoms with Crippen molar-refractivity contribution in [3.63, 3.8) is 0 Å². The molecule has 0 aromatic rings. The Balaban J connectivity index is 4.35. The van der Waals surface area contributed by atoms with Crippen molar-refractivity contribution in [2.24, 2.45) is 0 Å². The predicted octanol–water partition coefficient (Wildman–Crippen LogP) is 3.05. The summed E-state index contributed by atoms with van der Waals surface area (Å²) in [5.74, 6) is 1.82. The van der Waals surface area contributed by atoms with Crippen LogP contribution >= 0.6 is 11.6 Å². The third-order valence-electron chi connectivity index (χ3n) is 0.984. The van der Waals surface area contributed by atoms with E-state index in [1.807, 2.05) is 0 Å². The minimum absolute atomic E-state index is 0.0942. The van der Waals surface area contributed by atoms with Crippen LogP contribution in [0.15, 0.2) is 35.6 Å². The van der Waals surface area contributed by atoms with E-state index >= 15 is 0 Å². The molecule has 0 unspecified atom stereocenters. The van der Waals surface area contributed by atoms with Gasteiger partial charge in [0.05, 0.1) is 5.03 Å². The number of allylic oxidation sites excluding steroid dienone is 3. The van der Waals surface area contributed by atoms with Crippen molar-refractivity contribution < 1.29 is 13.5 Å². The van der Waals surface area contributed by atoms with Gasteiger partial charge in [-0.05, 0) is 6.08 Å². The highest BCUT2D eigenvalue weighted by Gasteiger charge is 2.07. The molecule has 0 aliphatic carbocycles. The molecule has 0 saturated carbocycles. The summed E-state index contributed by atoms with van der Waals surface area (Å²) in [6.45, 7) is 3.61. The SMILES string of the molecule is C#CC(=C)/C=C(/Cl)C(=C)OC(F)F. The highest BCUT2D eigenvalue weighted by molar-refractivity contribution is 6.31. The molecule has 0 atom stereocenters. The first kappa shape index (κ1) is 11.7. The van der Waals surface area contributed by atoms with Crippen molar-refractivity contribution in [3.05, 3.63) is 35.6 Å². The van der Waals surface area contributed by atoms with Gasteiger partial charge in [-0.3, -0.25) is 0 Å². The van der Waals surface area contributed by atoms with Gasteiger partial charge >= 0.3 is 6.61 Å². The summed E-state index contributed by atoms with van der Waals surface area (Å²) in [6, 6.07) is 0. The quantitative estimate of drug-likeness (QED) is 0.389. The zero-order chi connectivity index (χ0) is 10.4. The van der Waals surface area contributed by atoms with E-state index in [-0.39, 0.29) is 16.4 Å². The van der Waals surface area contributed by atoms with Crippen LogP contribution in [0.4, 0.5) is 8.78 Å². The highest BCUT2D eigenvalue weighted by atomic mass is 35.5. The molecular weight excluding hydrogens is 198 g/mol. The van der Waals surface area contributed by atoms with Crippen molar-refractivity contribution in [3.8, 4) is 12.3 Å². The highest BCUT2D eigenvalue weighted by Crippen LogP contribution is 2.18. The van der Waals surface area contributed by atoms with E-state index in [0.717, 1.165) is 0 Å². The number of terminal acetylenes is 1. The first-order chi connectivity index (χ1) is 5.97. The van der Waals surface area contributed by atoms with E-state index < -0.39 is 6.61 Å². The molecule has 0 spiro atoms. The number of ether oxygens (including phenoxy) is 1. The average molecular weight is 205 g/mol. The van der Waals surface area contributed by atoms with Crippen LogP contribution in [0.3, 0.4) is 0 Å². The molecule has 1 nitrogen and oxygen atoms in total. The molecular formula is C9H7ClF2O. The Morgan fingerprint density at radius 3 is 2.46 bits per heavy atom. The van der Waals surface area contributed by atoms with Crippen molar-refractivity contribution in [1.29, 1.82) is 0 Å². The summed E-state index contributed by atoms with van der Waals surface area (Å²) in [5, 5.41) is -0.0942. The topological polar surface area (TPSA) is 9.23 Å². The van der Waals surface area contributed by atoms with Gasteiger partial charge < -0.3 is 4.74 Å². The van der Waals surface area contributed by atoms with E-state index in [2.05, 4.69) is 23.8 Å². The second-order valence-corrected chi connectivity index (χ2v) is 2.37. The molecule has 0 heterocycles. The molecule has 4 heteroatoms. The molecule has 0 aliphatic rings. The largest absolute Gasteiger partial charge is 0.434 e. The number of rotatable bonds is 4. The average Bonchev–Trinajstić information content (AvgIpc) is 2.02. The molecule has 0 amide bonds. The third-order valence-corrected chi connectivity index (χ3v) is 1.30. The summed E-state index contributed by atoms with van der Waals surface area (Å²) in [4.78, 5) is 0. The minimum atomic E-state index is -2.95. The molecule has 13 heavy (non-hydrogen) atoms. The zero-order valence-electron chi connectivity index (χ0n) is 6.69. The Morgan fingerprint density at radius 1 is 1.54 bits per heavy atom. The molecule has 0 N–H and O–H groups in total. The molecule has 0 aromatic carbocycles. The Kier molecular flexibility index (Phi) is 4.86. The fourth-order valence-corrected chi connectivity index (χ4v) is 0.615. The molecule has 0 saturated heterocycles. The van der Waals surface area contributed by atoms with Gasteiger partial charge in [-0.1, -0.05) is 30.7 Å². The molecule has 0 aromatic heterocycles. The second-order valence-electron chi connectivity index (χ2n) is 1.96. The predicted molar refractivity (Wildman–Crippen MR) is 48.1 cm³/mol. The Morgan fingerprint density at radius 2 is 2.08 bits per heavy atom. The van der Waals surface area contributed by atoms with E-state index in [4.69, 9.17) is 18.0 Å². The van der Waals surface area contributed by atoms with Crippen LogP contribution in [0.2, 0.25) is 0 Å². The lowest BCUT2D eigenvalue weighted by molar-refractivity contribution is -0.0920. The van der Waals surface area contributed by atoms with Crippen molar-refractivity contribution in [2.75, 3.05) is 0 Å². The minimum Gasteiger partial charge on any atom is -0.434 e. The smallest absolute Gasteiger partial charge is 0.387 e. The number of halogens is 3. The summed E-state index contributed by atoms with van der Waals surface area (Å²) in [6.07, 6.45) is 6.16. The molecule has 70 valence electrons. The van der Waals surface area contributed by atoms with E-state index in [1.165, 1.54) is 6.08 Å². The standard InChI is InChI=1S/C9H7ClF2O/c1-4-6(2)5-8(10)7(3)13-9(11)12/h1,5,9H,2-3H2/b8-5+. The van der Waals surface area contributed by atoms with Gasteiger partial charge in [-0.25, -0.2) is 0 Å². The fraction of sp³-hybridized carbons (Fsp3) is 0.111. The van der Waals surface area contributed by atoms with Crippen molar-refractivity contribution in [1.82, 2.24) is 0 Å². The summed E-state index contributed by atoms with van der Waals surface area (Å²) < 4.78 is 27.2. The molecule has 0 aliphatic heterocycles. The first-order valence-electron chi connectivity index (χ1n) is 3.14. The van der Waals surface area contributed by atoms with E-state index in [0.29, 0.717) is 0 Å². The van der Waals surface area contributed by atoms with Crippen LogP contribution in [0.1, 0.15) is 0 Å². The second kappa shape index (κ2) is 5.39. The van der Waals surface area contributed by atoms with E-state index in [9.17, 15) is 8.78 Å². The number of hydrogen-bond donors (Lipinski definition) is 0. The lowest BCUT2D eigenvalue weighted by atomic mass is 10.3. The van der Waals surface area contributed by atoms with Gasteiger partial charge in [0, 0.05) is 5.57 Å². The third kappa shape index (κ3) is 5.05. The van der Waals surface area contributed by atoms with Crippen LogP contribution in [-0.4, -0.2) is 6.61 Å². The normalized spacial score (nSPS) is 10.8. The summed E-state index contributed by atoms with van der Waals surface area (Å²) >= 11 is 5.50. The van der Waals surface area contributed by atoms with E-state index in [1.54, 1.807) is 0 Å². The van der Waals surface area contributed by atoms with Gasteiger partial charge in [0.15, 0.2) is 0 Å². The maximum absolute atomic E-state index is 11.6. The van der Waals surface area contributed by atoms with Crippen LogP contribution in [-0.2, 0) is 4.74 Å². The van der Waals surface area contributed by atoms with Gasteiger partial charge in [0.2, 0.25) is 0 Å². The number of hydrogen-bond acceptors (Lipinski definition) is 1. The van der Waals surface area contributed by atoms with Gasteiger partial charge in [0.1, 0.15) is 5.76 Å². The van der Waals surface area contributed by atoms with Crippen molar-refractivity contribution >= 4 is 11.6 Å². The fourth-order valence-electron chi connectivity index (χ4n) is 0.439. The Bertz CT molecular complexity index is 286. The van der Waals surface area contributed by atoms with Gasteiger partial charge in [0.25, 0.3) is 0 Å². The zero-order valence-corrected chi connectivity index (χ0v) is 7.44. The molecule has 0 radical (unpaired) electrons. The Hall–Kier alpha value is -1.27. The summed E-state index contributed by atoms with van der Waals surface area (Å²) in [5.41, 5.74) is 0.254. The molecule has 0 bridgehead atoms. The Labute approximate surface area is 80.3 Å². The summed E-state index contributed by atoms with van der Waals surface area (Å²) in [7, 11) is 0. The monoisotopic (exact) mass is 204 g/mol. The molecule has 0 rings (SSSR count). The van der Waals surface area contributed by atoms with Crippen LogP contribution in [0.5, 0.6) is 0 Å². The lowest BCUT2D eigenvalue weighted by Crippen LogP contribution is -1.98. The maximum atomic E-state index is 11.6. The maximum Gasteiger partial charge on any atom is 0.387 e. The van der Waals surface area contributed by atoms with Gasteiger partial charge in [-0.2, -0.15) is 8.78 Å². The lowest BCUT2D eigenvalue weighted by Gasteiger charge is -2.05.